The molecule has 0 saturated carbocycles. The Morgan fingerprint density at radius 1 is 1.24 bits per heavy atom. The summed E-state index contributed by atoms with van der Waals surface area (Å²) in [5, 5.41) is 9.07. The third-order valence-electron chi connectivity index (χ3n) is 2.69. The number of aliphatic hydroxyl groups is 1. The van der Waals surface area contributed by atoms with Crippen molar-refractivity contribution < 1.29 is 5.11 Å². The highest BCUT2D eigenvalue weighted by molar-refractivity contribution is 5.75. The predicted molar refractivity (Wildman–Crippen MR) is 69.1 cm³/mol. The van der Waals surface area contributed by atoms with Crippen LogP contribution in [0.2, 0.25) is 0 Å². The summed E-state index contributed by atoms with van der Waals surface area (Å²) in [4.78, 5) is 11.0. The van der Waals surface area contributed by atoms with Gasteiger partial charge in [-0.3, -0.25) is 4.98 Å². The Kier molecular flexibility index (Phi) is 3.54. The van der Waals surface area contributed by atoms with Gasteiger partial charge in [0.15, 0.2) is 0 Å². The zero-order valence-electron chi connectivity index (χ0n) is 10.2. The van der Waals surface area contributed by atoms with Crippen molar-refractivity contribution in [2.24, 2.45) is 0 Å². The Hall–Kier alpha value is -1.68. The van der Waals surface area contributed by atoms with Crippen LogP contribution in [0, 0.1) is 0 Å². The number of aromatic nitrogens is 2. The molecule has 0 atom stereocenters. The Labute approximate surface area is 101 Å². The predicted octanol–water partition coefficient (Wildman–Crippen LogP) is 1.84. The van der Waals surface area contributed by atoms with Gasteiger partial charge in [-0.15, -0.1) is 0 Å². The first kappa shape index (κ1) is 11.8. The molecule has 1 aromatic carbocycles. The summed E-state index contributed by atoms with van der Waals surface area (Å²) in [7, 11) is 0. The lowest BCUT2D eigenvalue weighted by molar-refractivity contribution is 0.298. The molecule has 2 rings (SSSR count). The molecule has 1 N–H and O–H groups in total. The highest BCUT2D eigenvalue weighted by Crippen LogP contribution is 2.16. The summed E-state index contributed by atoms with van der Waals surface area (Å²) in [6.45, 7) is 4.84. The number of hydrogen-bond acceptors (Lipinski definition) is 4. The zero-order valence-corrected chi connectivity index (χ0v) is 10.2. The van der Waals surface area contributed by atoms with Crippen LogP contribution >= 0.6 is 0 Å². The maximum atomic E-state index is 9.07. The van der Waals surface area contributed by atoms with Crippen molar-refractivity contribution in [1.29, 1.82) is 0 Å². The van der Waals surface area contributed by atoms with Crippen LogP contribution in [0.15, 0.2) is 30.5 Å². The first-order chi connectivity index (χ1) is 8.22. The van der Waals surface area contributed by atoms with Crippen LogP contribution in [0.1, 0.15) is 13.8 Å². The van der Waals surface area contributed by atoms with Crippen molar-refractivity contribution in [2.75, 3.05) is 18.1 Å². The first-order valence-electron chi connectivity index (χ1n) is 5.81. The summed E-state index contributed by atoms with van der Waals surface area (Å²) in [5.74, 6) is 0.813. The van der Waals surface area contributed by atoms with E-state index in [2.05, 4.69) is 23.8 Å². The van der Waals surface area contributed by atoms with E-state index in [0.29, 0.717) is 6.54 Å². The van der Waals surface area contributed by atoms with Crippen LogP contribution in [-0.4, -0.2) is 34.3 Å². The van der Waals surface area contributed by atoms with Gasteiger partial charge in [-0.1, -0.05) is 12.1 Å². The average molecular weight is 231 g/mol. The Morgan fingerprint density at radius 3 is 2.59 bits per heavy atom. The summed E-state index contributed by atoms with van der Waals surface area (Å²) in [6.07, 6.45) is 1.76. The Bertz CT molecular complexity index is 499. The SMILES string of the molecule is CC(C)N(CCO)c1cnc2ccccc2n1. The first-order valence-corrected chi connectivity index (χ1v) is 5.81. The molecule has 1 aromatic heterocycles. The maximum absolute atomic E-state index is 9.07. The molecule has 0 saturated heterocycles. The lowest BCUT2D eigenvalue weighted by Gasteiger charge is -2.26. The summed E-state index contributed by atoms with van der Waals surface area (Å²) in [6, 6.07) is 8.08. The fraction of sp³-hybridized carbons (Fsp3) is 0.385. The standard InChI is InChI=1S/C13H17N3O/c1-10(2)16(7-8-17)13-9-14-11-5-3-4-6-12(11)15-13/h3-6,9-10,17H,7-8H2,1-2H3. The summed E-state index contributed by atoms with van der Waals surface area (Å²) < 4.78 is 0. The van der Waals surface area contributed by atoms with E-state index in [1.54, 1.807) is 6.20 Å². The molecule has 4 heteroatoms. The smallest absolute Gasteiger partial charge is 0.148 e. The molecule has 0 bridgehead atoms. The molecule has 0 aliphatic rings. The minimum absolute atomic E-state index is 0.118. The fourth-order valence-electron chi connectivity index (χ4n) is 1.83. The number of rotatable bonds is 4. The molecular formula is C13H17N3O. The second kappa shape index (κ2) is 5.10. The highest BCUT2D eigenvalue weighted by atomic mass is 16.3. The Balaban J connectivity index is 2.40. The fourth-order valence-corrected chi connectivity index (χ4v) is 1.83. The summed E-state index contributed by atoms with van der Waals surface area (Å²) in [5.41, 5.74) is 1.78. The van der Waals surface area contributed by atoms with E-state index in [-0.39, 0.29) is 12.6 Å². The number of benzene rings is 1. The number of nitrogens with zero attached hydrogens (tertiary/aromatic N) is 3. The van der Waals surface area contributed by atoms with Crippen molar-refractivity contribution in [3.63, 3.8) is 0 Å². The number of aliphatic hydroxyl groups excluding tert-OH is 1. The van der Waals surface area contributed by atoms with Crippen LogP contribution in [0.3, 0.4) is 0 Å². The minimum atomic E-state index is 0.118. The molecular weight excluding hydrogens is 214 g/mol. The third kappa shape index (κ3) is 2.53. The third-order valence-corrected chi connectivity index (χ3v) is 2.69. The minimum Gasteiger partial charge on any atom is -0.395 e. The van der Waals surface area contributed by atoms with Gasteiger partial charge < -0.3 is 10.0 Å². The number of para-hydroxylation sites is 2. The van der Waals surface area contributed by atoms with E-state index < -0.39 is 0 Å². The maximum Gasteiger partial charge on any atom is 0.148 e. The lowest BCUT2D eigenvalue weighted by atomic mass is 10.3. The number of hydrogen-bond donors (Lipinski definition) is 1. The van der Waals surface area contributed by atoms with Crippen LogP contribution in [0.5, 0.6) is 0 Å². The molecule has 0 spiro atoms. The molecule has 2 aromatic rings. The molecule has 0 fully saturated rings. The second-order valence-corrected chi connectivity index (χ2v) is 4.23. The molecule has 0 radical (unpaired) electrons. The van der Waals surface area contributed by atoms with Gasteiger partial charge >= 0.3 is 0 Å². The lowest BCUT2D eigenvalue weighted by Crippen LogP contribution is -2.34. The van der Waals surface area contributed by atoms with E-state index in [1.807, 2.05) is 29.2 Å². The second-order valence-electron chi connectivity index (χ2n) is 4.23. The van der Waals surface area contributed by atoms with E-state index in [4.69, 9.17) is 5.11 Å². The zero-order chi connectivity index (χ0) is 12.3. The molecule has 4 nitrogen and oxygen atoms in total. The largest absolute Gasteiger partial charge is 0.395 e. The van der Waals surface area contributed by atoms with Gasteiger partial charge in [-0.25, -0.2) is 4.98 Å². The van der Waals surface area contributed by atoms with Gasteiger partial charge in [-0.05, 0) is 26.0 Å². The van der Waals surface area contributed by atoms with Gasteiger partial charge in [0, 0.05) is 12.6 Å². The molecule has 0 unspecified atom stereocenters. The van der Waals surface area contributed by atoms with Crippen LogP contribution in [-0.2, 0) is 0 Å². The monoisotopic (exact) mass is 231 g/mol. The summed E-state index contributed by atoms with van der Waals surface area (Å²) >= 11 is 0. The van der Waals surface area contributed by atoms with Crippen LogP contribution in [0.25, 0.3) is 11.0 Å². The van der Waals surface area contributed by atoms with Gasteiger partial charge in [0.1, 0.15) is 5.82 Å². The van der Waals surface area contributed by atoms with E-state index in [9.17, 15) is 0 Å². The van der Waals surface area contributed by atoms with Gasteiger partial charge in [0.05, 0.1) is 23.8 Å². The molecule has 0 amide bonds. The van der Waals surface area contributed by atoms with Crippen molar-refractivity contribution >= 4 is 16.9 Å². The van der Waals surface area contributed by atoms with E-state index in [1.165, 1.54) is 0 Å². The highest BCUT2D eigenvalue weighted by Gasteiger charge is 2.12. The molecule has 1 heterocycles. The molecule has 17 heavy (non-hydrogen) atoms. The topological polar surface area (TPSA) is 49.2 Å². The Morgan fingerprint density at radius 2 is 1.94 bits per heavy atom. The molecule has 90 valence electrons. The van der Waals surface area contributed by atoms with E-state index in [0.717, 1.165) is 16.9 Å². The van der Waals surface area contributed by atoms with Crippen molar-refractivity contribution in [1.82, 2.24) is 9.97 Å². The quantitative estimate of drug-likeness (QED) is 0.872. The van der Waals surface area contributed by atoms with Gasteiger partial charge in [0.2, 0.25) is 0 Å². The van der Waals surface area contributed by atoms with Crippen LogP contribution in [0.4, 0.5) is 5.82 Å². The van der Waals surface area contributed by atoms with Crippen molar-refractivity contribution in [3.05, 3.63) is 30.5 Å². The van der Waals surface area contributed by atoms with Gasteiger partial charge in [-0.2, -0.15) is 0 Å². The molecule has 0 aliphatic heterocycles. The average Bonchev–Trinajstić information content (AvgIpc) is 2.35. The number of anilines is 1. The van der Waals surface area contributed by atoms with Crippen molar-refractivity contribution in [3.8, 4) is 0 Å². The number of fused-ring (bicyclic) bond motifs is 1. The normalized spacial score (nSPS) is 11.1. The van der Waals surface area contributed by atoms with Gasteiger partial charge in [0.25, 0.3) is 0 Å². The van der Waals surface area contributed by atoms with E-state index >= 15 is 0 Å². The van der Waals surface area contributed by atoms with Crippen LogP contribution < -0.4 is 4.90 Å². The molecule has 0 aliphatic carbocycles. The van der Waals surface area contributed by atoms with Crippen molar-refractivity contribution in [2.45, 2.75) is 19.9 Å².